The Labute approximate surface area is 250 Å². The number of thioether (sulfide) groups is 2. The van der Waals surface area contributed by atoms with E-state index in [0.29, 0.717) is 42.5 Å². The lowest BCUT2D eigenvalue weighted by Gasteiger charge is -2.16. The largest absolute Gasteiger partial charge is 0.465 e. The van der Waals surface area contributed by atoms with Crippen LogP contribution in [0.25, 0.3) is 0 Å². The molecule has 0 saturated carbocycles. The predicted octanol–water partition coefficient (Wildman–Crippen LogP) is 8.55. The van der Waals surface area contributed by atoms with Gasteiger partial charge in [-0.15, -0.1) is 23.5 Å². The first kappa shape index (κ1) is 30.1. The minimum atomic E-state index is -0.708. The number of methoxy groups -OCH3 is 1. The quantitative estimate of drug-likeness (QED) is 0.0846. The Morgan fingerprint density at radius 1 is 0.825 bits per heavy atom. The topological polar surface area (TPSA) is 78.3 Å². The molecular weight excluding hydrogens is 593 g/mol. The summed E-state index contributed by atoms with van der Waals surface area (Å²) >= 11 is 15.0. The average molecular weight is 620 g/mol. The van der Waals surface area contributed by atoms with Crippen molar-refractivity contribution >= 4 is 64.1 Å². The molecule has 0 atom stereocenters. The highest BCUT2D eigenvalue weighted by Crippen LogP contribution is 2.39. The van der Waals surface area contributed by atoms with Crippen molar-refractivity contribution in [3.8, 4) is 0 Å². The molecule has 0 aliphatic heterocycles. The van der Waals surface area contributed by atoms with Crippen LogP contribution in [-0.4, -0.2) is 18.2 Å². The maximum Gasteiger partial charge on any atom is 0.338 e. The molecule has 0 spiro atoms. The molecule has 0 fully saturated rings. The van der Waals surface area contributed by atoms with Crippen LogP contribution in [0.4, 0.5) is 20.2 Å². The molecule has 0 unspecified atom stereocenters. The van der Waals surface area contributed by atoms with E-state index in [0.717, 1.165) is 11.1 Å². The Bertz CT molecular complexity index is 1580. The third-order valence-electron chi connectivity index (χ3n) is 6.44. The Hall–Kier alpha value is -2.91. The molecule has 0 aromatic heterocycles. The number of hydrogen-bond acceptors (Lipinski definition) is 6. The van der Waals surface area contributed by atoms with Crippen molar-refractivity contribution in [3.05, 3.63) is 116 Å². The van der Waals surface area contributed by atoms with E-state index in [9.17, 15) is 4.79 Å². The van der Waals surface area contributed by atoms with E-state index in [1.807, 2.05) is 31.2 Å². The molecule has 4 nitrogen and oxygen atoms in total. The smallest absolute Gasteiger partial charge is 0.338 e. The fourth-order valence-electron chi connectivity index (χ4n) is 4.23. The third-order valence-corrected chi connectivity index (χ3v) is 9.42. The van der Waals surface area contributed by atoms with Gasteiger partial charge in [-0.1, -0.05) is 59.6 Å². The van der Waals surface area contributed by atoms with Crippen LogP contribution in [-0.2, 0) is 17.6 Å². The van der Waals surface area contributed by atoms with E-state index in [4.69, 9.17) is 39.4 Å². The van der Waals surface area contributed by atoms with Gasteiger partial charge in [0, 0.05) is 43.3 Å². The molecule has 10 heteroatoms. The van der Waals surface area contributed by atoms with Crippen LogP contribution in [0.15, 0.2) is 70.5 Å². The number of anilines is 2. The average Bonchev–Trinajstić information content (AvgIpc) is 2.94. The molecule has 0 aliphatic carbocycles. The summed E-state index contributed by atoms with van der Waals surface area (Å²) in [6.45, 7) is 1.82. The van der Waals surface area contributed by atoms with Gasteiger partial charge in [0.2, 0.25) is 0 Å². The summed E-state index contributed by atoms with van der Waals surface area (Å²) in [4.78, 5) is 13.5. The van der Waals surface area contributed by atoms with Gasteiger partial charge in [0.05, 0.1) is 24.0 Å². The number of rotatable bonds is 9. The van der Waals surface area contributed by atoms with Crippen LogP contribution in [0.2, 0.25) is 10.0 Å². The number of nitrogen functional groups attached to an aromatic ring is 2. The number of aryl methyl sites for hydroxylation is 1. The molecule has 4 N–H and O–H groups in total. The normalized spacial score (nSPS) is 11.1. The summed E-state index contributed by atoms with van der Waals surface area (Å²) < 4.78 is 35.8. The molecule has 0 aliphatic rings. The van der Waals surface area contributed by atoms with E-state index in [1.165, 1.54) is 36.7 Å². The highest BCUT2D eigenvalue weighted by molar-refractivity contribution is 8.16. The van der Waals surface area contributed by atoms with E-state index < -0.39 is 17.6 Å². The van der Waals surface area contributed by atoms with Crippen LogP contribution in [0.1, 0.15) is 38.2 Å². The van der Waals surface area contributed by atoms with Gasteiger partial charge in [-0.25, -0.2) is 13.6 Å². The lowest BCUT2D eigenvalue weighted by molar-refractivity contribution is 0.0598. The Morgan fingerprint density at radius 2 is 1.30 bits per heavy atom. The van der Waals surface area contributed by atoms with Crippen molar-refractivity contribution in [3.63, 3.8) is 0 Å². The van der Waals surface area contributed by atoms with Crippen molar-refractivity contribution in [1.29, 1.82) is 0 Å². The van der Waals surface area contributed by atoms with Gasteiger partial charge in [-0.05, 0) is 53.4 Å². The Balaban J connectivity index is 1.56. The lowest BCUT2D eigenvalue weighted by Crippen LogP contribution is -2.11. The van der Waals surface area contributed by atoms with Crippen LogP contribution in [0.5, 0.6) is 0 Å². The first-order chi connectivity index (χ1) is 19.1. The minimum absolute atomic E-state index is 0.0303. The number of ether oxygens (including phenoxy) is 1. The molecular formula is C30H26Cl2F2N2O2S2. The summed E-state index contributed by atoms with van der Waals surface area (Å²) in [5, 5.41) is 1.34. The number of halogens is 4. The van der Waals surface area contributed by atoms with Crippen molar-refractivity contribution in [2.75, 3.05) is 23.7 Å². The molecule has 0 radical (unpaired) electrons. The molecule has 4 aromatic carbocycles. The number of hydrogen-bond donors (Lipinski definition) is 2. The second-order valence-corrected chi connectivity index (χ2v) is 12.2. The fraction of sp³-hybridized carbons (Fsp3) is 0.167. The SMILES string of the molecule is COC(=O)c1cc(SCSc2cc(C)c(Cc3ccccc3Cl)c(F)c2N)c(N)c(F)c1Cc1ccccc1Cl. The summed E-state index contributed by atoms with van der Waals surface area (Å²) in [6, 6.07) is 17.6. The predicted molar refractivity (Wildman–Crippen MR) is 163 cm³/mol. The maximum absolute atomic E-state index is 15.5. The molecule has 4 aromatic rings. The molecule has 40 heavy (non-hydrogen) atoms. The van der Waals surface area contributed by atoms with Crippen molar-refractivity contribution in [1.82, 2.24) is 0 Å². The lowest BCUT2D eigenvalue weighted by atomic mass is 9.98. The van der Waals surface area contributed by atoms with Crippen LogP contribution in [0.3, 0.4) is 0 Å². The second-order valence-electron chi connectivity index (χ2n) is 8.96. The third kappa shape index (κ3) is 6.52. The first-order valence-corrected chi connectivity index (χ1v) is 14.8. The van der Waals surface area contributed by atoms with Crippen molar-refractivity contribution in [2.24, 2.45) is 0 Å². The number of nitrogens with two attached hydrogens (primary N) is 2. The summed E-state index contributed by atoms with van der Waals surface area (Å²) in [7, 11) is 1.23. The van der Waals surface area contributed by atoms with Gasteiger partial charge in [0.25, 0.3) is 0 Å². The zero-order valence-corrected chi connectivity index (χ0v) is 24.8. The van der Waals surface area contributed by atoms with Gasteiger partial charge in [-0.3, -0.25) is 0 Å². The molecule has 208 valence electrons. The minimum Gasteiger partial charge on any atom is -0.465 e. The Morgan fingerprint density at radius 3 is 1.82 bits per heavy atom. The van der Waals surface area contributed by atoms with Crippen molar-refractivity contribution < 1.29 is 18.3 Å². The Kier molecular flexibility index (Phi) is 9.90. The molecule has 0 heterocycles. The van der Waals surface area contributed by atoms with Crippen molar-refractivity contribution in [2.45, 2.75) is 29.6 Å². The van der Waals surface area contributed by atoms with Gasteiger partial charge in [-0.2, -0.15) is 0 Å². The number of esters is 1. The molecule has 0 saturated heterocycles. The second kappa shape index (κ2) is 13.2. The van der Waals surface area contributed by atoms with Gasteiger partial charge < -0.3 is 16.2 Å². The van der Waals surface area contributed by atoms with Crippen LogP contribution < -0.4 is 11.5 Å². The zero-order valence-electron chi connectivity index (χ0n) is 21.7. The van der Waals surface area contributed by atoms with Gasteiger partial charge in [0.15, 0.2) is 11.6 Å². The van der Waals surface area contributed by atoms with E-state index >= 15 is 8.78 Å². The number of carbonyl (C=O) groups is 1. The first-order valence-electron chi connectivity index (χ1n) is 12.1. The summed E-state index contributed by atoms with van der Waals surface area (Å²) in [5.74, 6) is -1.89. The van der Waals surface area contributed by atoms with Gasteiger partial charge in [0.1, 0.15) is 0 Å². The highest BCUT2D eigenvalue weighted by atomic mass is 35.5. The maximum atomic E-state index is 15.5. The number of carbonyl (C=O) groups excluding carboxylic acids is 1. The van der Waals surface area contributed by atoms with Crippen LogP contribution in [0, 0.1) is 18.6 Å². The zero-order chi connectivity index (χ0) is 29.0. The van der Waals surface area contributed by atoms with E-state index in [2.05, 4.69) is 0 Å². The van der Waals surface area contributed by atoms with E-state index in [1.54, 1.807) is 30.3 Å². The monoisotopic (exact) mass is 618 g/mol. The fourth-order valence-corrected chi connectivity index (χ4v) is 6.84. The molecule has 0 bridgehead atoms. The molecule has 4 rings (SSSR count). The summed E-state index contributed by atoms with van der Waals surface area (Å²) in [6.07, 6.45) is 0.378. The highest BCUT2D eigenvalue weighted by Gasteiger charge is 2.23. The van der Waals surface area contributed by atoms with E-state index in [-0.39, 0.29) is 28.9 Å². The van der Waals surface area contributed by atoms with Gasteiger partial charge >= 0.3 is 5.97 Å². The standard InChI is InChI=1S/C30H26Cl2F2N2O2S2/c1-16-11-24(28(35)26(33)19(16)12-17-7-3-5-9-22(17)31)39-15-40-25-14-21(30(37)38-2)20(27(34)29(25)36)13-18-8-4-6-10-23(18)32/h3-11,14H,12-13,15,35-36H2,1-2H3. The molecule has 0 amide bonds. The van der Waals surface area contributed by atoms with Crippen LogP contribution >= 0.6 is 46.7 Å². The summed E-state index contributed by atoms with van der Waals surface area (Å²) in [5.41, 5.74) is 15.1. The number of benzene rings is 4.